The van der Waals surface area contributed by atoms with E-state index in [1.165, 1.54) is 0 Å². The standard InChI is InChI=1S/C16H24N4O3/c1-12-4-5-13(19(12)2)15-18-17-14(23-15)10-20-8-3-6-16(22,11-21)7-9-20/h4-5,21-22H,3,6-11H2,1-2H3/t16-/m1/s1. The second-order valence-electron chi connectivity index (χ2n) is 6.43. The zero-order valence-corrected chi connectivity index (χ0v) is 13.7. The van der Waals surface area contributed by atoms with Crippen molar-refractivity contribution in [1.82, 2.24) is 19.7 Å². The van der Waals surface area contributed by atoms with Gasteiger partial charge < -0.3 is 19.2 Å². The van der Waals surface area contributed by atoms with Crippen LogP contribution in [0.4, 0.5) is 0 Å². The minimum atomic E-state index is -0.949. The summed E-state index contributed by atoms with van der Waals surface area (Å²) in [4.78, 5) is 2.18. The number of aliphatic hydroxyl groups is 2. The maximum atomic E-state index is 10.2. The number of hydrogen-bond acceptors (Lipinski definition) is 6. The van der Waals surface area contributed by atoms with Gasteiger partial charge in [0.15, 0.2) is 0 Å². The molecule has 1 atom stereocenters. The van der Waals surface area contributed by atoms with Crippen LogP contribution in [0.2, 0.25) is 0 Å². The molecule has 0 unspecified atom stereocenters. The number of aryl methyl sites for hydroxylation is 1. The van der Waals surface area contributed by atoms with E-state index < -0.39 is 5.60 Å². The lowest BCUT2D eigenvalue weighted by Gasteiger charge is -2.23. The molecule has 1 fully saturated rings. The van der Waals surface area contributed by atoms with Crippen LogP contribution in [0.1, 0.15) is 30.8 Å². The Hall–Kier alpha value is -1.70. The van der Waals surface area contributed by atoms with Crippen molar-refractivity contribution in [3.63, 3.8) is 0 Å². The topological polar surface area (TPSA) is 87.6 Å². The summed E-state index contributed by atoms with van der Waals surface area (Å²) in [7, 11) is 1.97. The quantitative estimate of drug-likeness (QED) is 0.877. The zero-order chi connectivity index (χ0) is 16.4. The number of hydrogen-bond donors (Lipinski definition) is 2. The van der Waals surface area contributed by atoms with Crippen LogP contribution in [0, 0.1) is 6.92 Å². The number of rotatable bonds is 4. The van der Waals surface area contributed by atoms with E-state index in [1.54, 1.807) is 0 Å². The van der Waals surface area contributed by atoms with E-state index in [0.717, 1.165) is 24.4 Å². The van der Waals surface area contributed by atoms with E-state index in [1.807, 2.05) is 30.7 Å². The van der Waals surface area contributed by atoms with Crippen LogP contribution in [-0.4, -0.2) is 55.2 Å². The molecule has 2 aromatic rings. The van der Waals surface area contributed by atoms with Gasteiger partial charge in [-0.05, 0) is 44.9 Å². The van der Waals surface area contributed by atoms with Crippen molar-refractivity contribution in [3.8, 4) is 11.6 Å². The number of nitrogens with zero attached hydrogens (tertiary/aromatic N) is 4. The molecular formula is C16H24N4O3. The molecule has 2 N–H and O–H groups in total. The molecule has 3 heterocycles. The molecule has 7 nitrogen and oxygen atoms in total. The van der Waals surface area contributed by atoms with Gasteiger partial charge >= 0.3 is 0 Å². The molecule has 0 aromatic carbocycles. The second kappa shape index (κ2) is 6.43. The molecular weight excluding hydrogens is 296 g/mol. The fourth-order valence-corrected chi connectivity index (χ4v) is 2.99. The Bertz CT molecular complexity index is 666. The average Bonchev–Trinajstić information content (AvgIpc) is 3.06. The molecule has 0 spiro atoms. The largest absolute Gasteiger partial charge is 0.418 e. The molecule has 1 aliphatic rings. The molecule has 0 saturated carbocycles. The van der Waals surface area contributed by atoms with Crippen LogP contribution in [0.3, 0.4) is 0 Å². The van der Waals surface area contributed by atoms with Crippen LogP contribution in [0.25, 0.3) is 11.6 Å². The molecule has 0 amide bonds. The van der Waals surface area contributed by atoms with Gasteiger partial charge in [-0.1, -0.05) is 0 Å². The van der Waals surface area contributed by atoms with Crippen LogP contribution < -0.4 is 0 Å². The predicted molar refractivity (Wildman–Crippen MR) is 84.6 cm³/mol. The van der Waals surface area contributed by atoms with Gasteiger partial charge in [-0.2, -0.15) is 0 Å². The normalized spacial score (nSPS) is 23.1. The molecule has 0 bridgehead atoms. The summed E-state index contributed by atoms with van der Waals surface area (Å²) in [6.45, 7) is 3.97. The highest BCUT2D eigenvalue weighted by atomic mass is 16.4. The highest BCUT2D eigenvalue weighted by Crippen LogP contribution is 2.24. The molecule has 7 heteroatoms. The van der Waals surface area contributed by atoms with Gasteiger partial charge in [-0.3, -0.25) is 4.90 Å². The van der Waals surface area contributed by atoms with Crippen molar-refractivity contribution in [2.75, 3.05) is 19.7 Å². The Morgan fingerprint density at radius 2 is 2.09 bits per heavy atom. The Morgan fingerprint density at radius 3 is 2.78 bits per heavy atom. The Balaban J connectivity index is 1.66. The molecule has 0 radical (unpaired) electrons. The predicted octanol–water partition coefficient (Wildman–Crippen LogP) is 1.09. The van der Waals surface area contributed by atoms with E-state index >= 15 is 0 Å². The monoisotopic (exact) mass is 320 g/mol. The summed E-state index contributed by atoms with van der Waals surface area (Å²) in [6.07, 6.45) is 2.02. The molecule has 3 rings (SSSR count). The summed E-state index contributed by atoms with van der Waals surface area (Å²) in [5.41, 5.74) is 1.09. The zero-order valence-electron chi connectivity index (χ0n) is 13.7. The average molecular weight is 320 g/mol. The second-order valence-corrected chi connectivity index (χ2v) is 6.43. The molecule has 1 aliphatic heterocycles. The lowest BCUT2D eigenvalue weighted by Crippen LogP contribution is -2.34. The third kappa shape index (κ3) is 3.46. The van der Waals surface area contributed by atoms with Gasteiger partial charge in [0.05, 0.1) is 18.8 Å². The summed E-state index contributed by atoms with van der Waals surface area (Å²) >= 11 is 0. The molecule has 2 aromatic heterocycles. The minimum absolute atomic E-state index is 0.182. The molecule has 23 heavy (non-hydrogen) atoms. The first-order valence-electron chi connectivity index (χ1n) is 8.01. The smallest absolute Gasteiger partial charge is 0.264 e. The van der Waals surface area contributed by atoms with Gasteiger partial charge in [-0.25, -0.2) is 0 Å². The first kappa shape index (κ1) is 16.2. The van der Waals surface area contributed by atoms with Crippen LogP contribution >= 0.6 is 0 Å². The highest BCUT2D eigenvalue weighted by Gasteiger charge is 2.29. The van der Waals surface area contributed by atoms with E-state index in [0.29, 0.717) is 37.7 Å². The Labute approximate surface area is 135 Å². The van der Waals surface area contributed by atoms with Gasteiger partial charge in [0, 0.05) is 19.3 Å². The van der Waals surface area contributed by atoms with E-state index in [2.05, 4.69) is 15.1 Å². The number of aromatic nitrogens is 3. The fraction of sp³-hybridized carbons (Fsp3) is 0.625. The first-order chi connectivity index (χ1) is 11.0. The SMILES string of the molecule is Cc1ccc(-c2nnc(CN3CCC[C@](O)(CO)CC3)o2)n1C. The lowest BCUT2D eigenvalue weighted by atomic mass is 9.96. The lowest BCUT2D eigenvalue weighted by molar-refractivity contribution is -0.0256. The van der Waals surface area contributed by atoms with Crippen molar-refractivity contribution in [1.29, 1.82) is 0 Å². The van der Waals surface area contributed by atoms with Crippen molar-refractivity contribution in [2.45, 2.75) is 38.3 Å². The van der Waals surface area contributed by atoms with Gasteiger partial charge in [0.25, 0.3) is 5.89 Å². The number of likely N-dealkylation sites (tertiary alicyclic amines) is 1. The van der Waals surface area contributed by atoms with E-state index in [9.17, 15) is 10.2 Å². The molecule has 1 saturated heterocycles. The molecule has 126 valence electrons. The first-order valence-corrected chi connectivity index (χ1v) is 8.01. The minimum Gasteiger partial charge on any atom is -0.418 e. The van der Waals surface area contributed by atoms with Crippen LogP contribution in [-0.2, 0) is 13.6 Å². The highest BCUT2D eigenvalue weighted by molar-refractivity contribution is 5.48. The summed E-state index contributed by atoms with van der Waals surface area (Å²) in [5.74, 6) is 1.10. The summed E-state index contributed by atoms with van der Waals surface area (Å²) in [6, 6.07) is 3.99. The third-order valence-electron chi connectivity index (χ3n) is 4.72. The van der Waals surface area contributed by atoms with Crippen molar-refractivity contribution in [3.05, 3.63) is 23.7 Å². The van der Waals surface area contributed by atoms with E-state index in [4.69, 9.17) is 4.42 Å². The Kier molecular flexibility index (Phi) is 4.52. The fourth-order valence-electron chi connectivity index (χ4n) is 2.99. The van der Waals surface area contributed by atoms with Crippen LogP contribution in [0.5, 0.6) is 0 Å². The van der Waals surface area contributed by atoms with Crippen LogP contribution in [0.15, 0.2) is 16.5 Å². The third-order valence-corrected chi connectivity index (χ3v) is 4.72. The van der Waals surface area contributed by atoms with Gasteiger partial charge in [0.2, 0.25) is 5.89 Å². The Morgan fingerprint density at radius 1 is 1.26 bits per heavy atom. The summed E-state index contributed by atoms with van der Waals surface area (Å²) < 4.78 is 7.81. The van der Waals surface area contributed by atoms with E-state index in [-0.39, 0.29) is 6.61 Å². The van der Waals surface area contributed by atoms with Gasteiger partial charge in [-0.15, -0.1) is 10.2 Å². The van der Waals surface area contributed by atoms with Gasteiger partial charge in [0.1, 0.15) is 5.69 Å². The maximum Gasteiger partial charge on any atom is 0.264 e. The van der Waals surface area contributed by atoms with Crippen molar-refractivity contribution < 1.29 is 14.6 Å². The van der Waals surface area contributed by atoms with Crippen molar-refractivity contribution >= 4 is 0 Å². The maximum absolute atomic E-state index is 10.2. The van der Waals surface area contributed by atoms with Crippen molar-refractivity contribution in [2.24, 2.45) is 7.05 Å². The number of aliphatic hydroxyl groups excluding tert-OH is 1. The summed E-state index contributed by atoms with van der Waals surface area (Å²) in [5, 5.41) is 27.8. The molecule has 0 aliphatic carbocycles.